The largest absolute Gasteiger partial charge is 0.444 e. The second kappa shape index (κ2) is 5.88. The summed E-state index contributed by atoms with van der Waals surface area (Å²) in [6, 6.07) is 0.0230. The van der Waals surface area contributed by atoms with E-state index < -0.39 is 16.3 Å². The van der Waals surface area contributed by atoms with Gasteiger partial charge in [-0.05, 0) is 27.2 Å². The first-order valence-electron chi connectivity index (χ1n) is 5.99. The van der Waals surface area contributed by atoms with Gasteiger partial charge in [-0.2, -0.15) is 0 Å². The summed E-state index contributed by atoms with van der Waals surface area (Å²) in [5.74, 6) is 0.0635. The van der Waals surface area contributed by atoms with Crippen molar-refractivity contribution >= 4 is 16.8 Å². The Kier molecular flexibility index (Phi) is 4.98. The monoisotopic (exact) mass is 278 g/mol. The van der Waals surface area contributed by atoms with Gasteiger partial charge in [0.05, 0.1) is 5.88 Å². The van der Waals surface area contributed by atoms with E-state index in [1.54, 1.807) is 11.9 Å². The first kappa shape index (κ1) is 15.2. The number of thiol groups is 1. The van der Waals surface area contributed by atoms with Crippen LogP contribution in [-0.2, 0) is 15.4 Å². The van der Waals surface area contributed by atoms with E-state index in [1.807, 2.05) is 25.7 Å². The molecule has 6 nitrogen and oxygen atoms in total. The van der Waals surface area contributed by atoms with Gasteiger partial charge in [0.15, 0.2) is 10.7 Å². The Balaban J connectivity index is 2.49. The highest BCUT2D eigenvalue weighted by Crippen LogP contribution is 2.17. The average molecular weight is 278 g/mol. The molecule has 106 valence electrons. The van der Waals surface area contributed by atoms with Crippen molar-refractivity contribution in [1.82, 2.24) is 9.80 Å². The minimum atomic E-state index is -2.40. The SMILES string of the molecule is CN(C(=O)OC(C)(C)C)C1CCN(C[SH](=O)=O)C1. The average Bonchev–Trinajstić information content (AvgIpc) is 2.61. The van der Waals surface area contributed by atoms with Gasteiger partial charge >= 0.3 is 6.09 Å². The minimum absolute atomic E-state index is 0.0230. The highest BCUT2D eigenvalue weighted by atomic mass is 32.2. The quantitative estimate of drug-likeness (QED) is 0.761. The smallest absolute Gasteiger partial charge is 0.410 e. The first-order valence-corrected chi connectivity index (χ1v) is 7.35. The lowest BCUT2D eigenvalue weighted by molar-refractivity contribution is 0.0230. The molecule has 0 spiro atoms. The number of hydrogen-bond acceptors (Lipinski definition) is 5. The molecule has 1 amide bonds. The first-order chi connectivity index (χ1) is 8.19. The van der Waals surface area contributed by atoms with Crippen molar-refractivity contribution in [2.45, 2.75) is 38.8 Å². The molecule has 0 aromatic carbocycles. The number of hydrogen-bond donors (Lipinski definition) is 1. The summed E-state index contributed by atoms with van der Waals surface area (Å²) in [6.45, 7) is 6.74. The fraction of sp³-hybridized carbons (Fsp3) is 0.909. The summed E-state index contributed by atoms with van der Waals surface area (Å²) in [4.78, 5) is 15.2. The molecule has 1 saturated heterocycles. The van der Waals surface area contributed by atoms with Crippen molar-refractivity contribution in [3.8, 4) is 0 Å². The Morgan fingerprint density at radius 1 is 1.44 bits per heavy atom. The van der Waals surface area contributed by atoms with Crippen molar-refractivity contribution in [2.75, 3.05) is 26.0 Å². The van der Waals surface area contributed by atoms with Crippen LogP contribution in [-0.4, -0.2) is 62.0 Å². The van der Waals surface area contributed by atoms with E-state index in [0.717, 1.165) is 6.42 Å². The summed E-state index contributed by atoms with van der Waals surface area (Å²) >= 11 is 0. The Bertz CT molecular complexity index is 368. The number of rotatable bonds is 3. The van der Waals surface area contributed by atoms with Gasteiger partial charge in [-0.15, -0.1) is 0 Å². The topological polar surface area (TPSA) is 66.9 Å². The van der Waals surface area contributed by atoms with Crippen molar-refractivity contribution in [2.24, 2.45) is 0 Å². The third kappa shape index (κ3) is 4.81. The van der Waals surface area contributed by atoms with Crippen LogP contribution in [0, 0.1) is 0 Å². The number of likely N-dealkylation sites (tertiary alicyclic amines) is 1. The van der Waals surface area contributed by atoms with Crippen LogP contribution in [0.3, 0.4) is 0 Å². The summed E-state index contributed by atoms with van der Waals surface area (Å²) in [7, 11) is -0.702. The van der Waals surface area contributed by atoms with Gasteiger partial charge < -0.3 is 9.64 Å². The number of ether oxygens (including phenoxy) is 1. The molecule has 0 aliphatic carbocycles. The molecule has 0 bridgehead atoms. The maximum Gasteiger partial charge on any atom is 0.410 e. The van der Waals surface area contributed by atoms with Crippen LogP contribution in [0.25, 0.3) is 0 Å². The third-order valence-corrected chi connectivity index (χ3v) is 3.42. The lowest BCUT2D eigenvalue weighted by atomic mass is 10.2. The van der Waals surface area contributed by atoms with Crippen molar-refractivity contribution < 1.29 is 17.9 Å². The number of likely N-dealkylation sites (N-methyl/N-ethyl adjacent to an activating group) is 1. The fourth-order valence-electron chi connectivity index (χ4n) is 1.90. The Morgan fingerprint density at radius 3 is 2.56 bits per heavy atom. The van der Waals surface area contributed by atoms with Crippen LogP contribution in [0.4, 0.5) is 4.79 Å². The maximum absolute atomic E-state index is 11.8. The maximum atomic E-state index is 11.8. The van der Waals surface area contributed by atoms with E-state index in [4.69, 9.17) is 4.74 Å². The molecule has 1 fully saturated rings. The Labute approximate surface area is 110 Å². The highest BCUT2D eigenvalue weighted by molar-refractivity contribution is 7.72. The molecule has 1 aliphatic heterocycles. The fourth-order valence-corrected chi connectivity index (χ4v) is 2.49. The van der Waals surface area contributed by atoms with Gasteiger partial charge in [0.25, 0.3) is 0 Å². The molecule has 0 aromatic rings. The van der Waals surface area contributed by atoms with Crippen LogP contribution < -0.4 is 0 Å². The zero-order chi connectivity index (χ0) is 13.9. The summed E-state index contributed by atoms with van der Waals surface area (Å²) in [5, 5.41) is 0. The summed E-state index contributed by atoms with van der Waals surface area (Å²) in [5.41, 5.74) is -0.512. The third-order valence-electron chi connectivity index (χ3n) is 2.79. The van der Waals surface area contributed by atoms with Gasteiger partial charge in [0.1, 0.15) is 5.60 Å². The van der Waals surface area contributed by atoms with Crippen molar-refractivity contribution in [1.29, 1.82) is 0 Å². The van der Waals surface area contributed by atoms with Gasteiger partial charge in [0, 0.05) is 26.2 Å². The molecule has 0 saturated carbocycles. The van der Waals surface area contributed by atoms with E-state index in [2.05, 4.69) is 0 Å². The van der Waals surface area contributed by atoms with E-state index in [9.17, 15) is 13.2 Å². The van der Waals surface area contributed by atoms with E-state index >= 15 is 0 Å². The number of carbonyl (C=O) groups is 1. The number of amides is 1. The molecule has 1 unspecified atom stereocenters. The van der Waals surface area contributed by atoms with Crippen LogP contribution in [0.5, 0.6) is 0 Å². The second-order valence-corrected chi connectivity index (χ2v) is 6.53. The highest BCUT2D eigenvalue weighted by Gasteiger charge is 2.30. The van der Waals surface area contributed by atoms with Gasteiger partial charge in [0.2, 0.25) is 0 Å². The predicted molar refractivity (Wildman–Crippen MR) is 69.2 cm³/mol. The molecule has 1 heterocycles. The molecular formula is C11H22N2O4S. The van der Waals surface area contributed by atoms with Gasteiger partial charge in [-0.1, -0.05) is 0 Å². The zero-order valence-corrected chi connectivity index (χ0v) is 12.3. The molecular weight excluding hydrogens is 256 g/mol. The van der Waals surface area contributed by atoms with E-state index in [0.29, 0.717) is 13.1 Å². The van der Waals surface area contributed by atoms with E-state index in [-0.39, 0.29) is 18.0 Å². The molecule has 0 aromatic heterocycles. The Hall–Kier alpha value is -0.820. The van der Waals surface area contributed by atoms with Gasteiger partial charge in [-0.3, -0.25) is 4.90 Å². The molecule has 0 N–H and O–H groups in total. The van der Waals surface area contributed by atoms with Crippen molar-refractivity contribution in [3.63, 3.8) is 0 Å². The van der Waals surface area contributed by atoms with Crippen LogP contribution in [0.2, 0.25) is 0 Å². The standard InChI is InChI=1S/C11H22N2O4S/c1-11(2,3)17-10(14)12(4)9-5-6-13(7-9)8-18(15)16/h9,18H,5-8H2,1-4H3. The predicted octanol–water partition coefficient (Wildman–Crippen LogP) is 0.496. The molecule has 0 radical (unpaired) electrons. The number of carbonyl (C=O) groups excluding carboxylic acids is 1. The van der Waals surface area contributed by atoms with Crippen LogP contribution in [0.1, 0.15) is 27.2 Å². The second-order valence-electron chi connectivity index (χ2n) is 5.58. The molecule has 1 atom stereocenters. The lowest BCUT2D eigenvalue weighted by Crippen LogP contribution is -2.42. The normalized spacial score (nSPS) is 21.3. The lowest BCUT2D eigenvalue weighted by Gasteiger charge is -2.28. The van der Waals surface area contributed by atoms with Crippen LogP contribution in [0.15, 0.2) is 0 Å². The van der Waals surface area contributed by atoms with E-state index in [1.165, 1.54) is 0 Å². The molecule has 7 heteroatoms. The Morgan fingerprint density at radius 2 is 2.06 bits per heavy atom. The molecule has 1 rings (SSSR count). The zero-order valence-electron chi connectivity index (χ0n) is 11.4. The molecule has 1 aliphatic rings. The summed E-state index contributed by atoms with van der Waals surface area (Å²) in [6.07, 6.45) is 0.416. The molecule has 18 heavy (non-hydrogen) atoms. The number of nitrogens with zero attached hydrogens (tertiary/aromatic N) is 2. The van der Waals surface area contributed by atoms with Crippen molar-refractivity contribution in [3.05, 3.63) is 0 Å². The van der Waals surface area contributed by atoms with Gasteiger partial charge in [-0.25, -0.2) is 13.2 Å². The van der Waals surface area contributed by atoms with Crippen LogP contribution >= 0.6 is 0 Å². The summed E-state index contributed by atoms with van der Waals surface area (Å²) < 4.78 is 26.6. The minimum Gasteiger partial charge on any atom is -0.444 e.